The van der Waals surface area contributed by atoms with E-state index < -0.39 is 0 Å². The Balaban J connectivity index is 1.89. The molecule has 0 atom stereocenters. The van der Waals surface area contributed by atoms with Crippen molar-refractivity contribution >= 4 is 11.6 Å². The van der Waals surface area contributed by atoms with Gasteiger partial charge in [0.15, 0.2) is 0 Å². The van der Waals surface area contributed by atoms with Crippen molar-refractivity contribution in [3.8, 4) is 0 Å². The molecule has 0 spiro atoms. The molecule has 1 aromatic heterocycles. The fourth-order valence-electron chi connectivity index (χ4n) is 3.33. The summed E-state index contributed by atoms with van der Waals surface area (Å²) in [7, 11) is 1.85. The number of hydrogen-bond acceptors (Lipinski definition) is 4. The van der Waals surface area contributed by atoms with Crippen LogP contribution in [0.2, 0.25) is 0 Å². The lowest BCUT2D eigenvalue weighted by molar-refractivity contribution is 0.0785. The van der Waals surface area contributed by atoms with E-state index in [2.05, 4.69) is 42.0 Å². The second-order valence-corrected chi connectivity index (χ2v) is 8.28. The minimum Gasteiger partial charge on any atom is -0.369 e. The number of carbonyl (C=O) groups is 1. The van der Waals surface area contributed by atoms with E-state index in [-0.39, 0.29) is 11.3 Å². The molecule has 1 aliphatic heterocycles. The lowest BCUT2D eigenvalue weighted by Gasteiger charge is -2.32. The maximum absolute atomic E-state index is 13.1. The first kappa shape index (κ1) is 19.4. The number of rotatable bonds is 4. The first-order valence-electron chi connectivity index (χ1n) is 9.60. The van der Waals surface area contributed by atoms with E-state index in [1.165, 1.54) is 5.56 Å². The van der Waals surface area contributed by atoms with E-state index in [4.69, 9.17) is 0 Å². The molecule has 1 aromatic carbocycles. The molecule has 144 valence electrons. The Morgan fingerprint density at radius 3 is 2.59 bits per heavy atom. The average Bonchev–Trinajstić information content (AvgIpc) is 2.68. The van der Waals surface area contributed by atoms with E-state index in [0.717, 1.165) is 43.0 Å². The molecule has 27 heavy (non-hydrogen) atoms. The minimum absolute atomic E-state index is 0.0129. The Morgan fingerprint density at radius 1 is 1.22 bits per heavy atom. The number of amides is 1. The molecule has 0 saturated carbocycles. The van der Waals surface area contributed by atoms with Crippen LogP contribution < -0.4 is 10.2 Å². The summed E-state index contributed by atoms with van der Waals surface area (Å²) in [5.41, 5.74) is 4.10. The fourth-order valence-corrected chi connectivity index (χ4v) is 3.33. The normalized spacial score (nSPS) is 14.9. The van der Waals surface area contributed by atoms with Crippen LogP contribution in [-0.4, -0.2) is 49.0 Å². The van der Waals surface area contributed by atoms with Crippen molar-refractivity contribution in [2.75, 3.05) is 38.1 Å². The first-order chi connectivity index (χ1) is 12.8. The van der Waals surface area contributed by atoms with Crippen molar-refractivity contribution in [2.24, 2.45) is 0 Å². The number of pyridine rings is 1. The van der Waals surface area contributed by atoms with Gasteiger partial charge in [0, 0.05) is 63.4 Å². The summed E-state index contributed by atoms with van der Waals surface area (Å²) >= 11 is 0. The third-order valence-corrected chi connectivity index (χ3v) is 5.00. The SMILES string of the molecule is CN(Cc1cccnc1)C(=O)c1cc(N2CCNCC2)cc(C(C)(C)C)c1. The van der Waals surface area contributed by atoms with Gasteiger partial charge in [-0.15, -0.1) is 0 Å². The largest absolute Gasteiger partial charge is 0.369 e. The highest BCUT2D eigenvalue weighted by Crippen LogP contribution is 2.29. The number of carbonyl (C=O) groups excluding carboxylic acids is 1. The summed E-state index contributed by atoms with van der Waals surface area (Å²) in [6, 6.07) is 10.2. The van der Waals surface area contributed by atoms with Crippen LogP contribution in [0.25, 0.3) is 0 Å². The predicted molar refractivity (Wildman–Crippen MR) is 110 cm³/mol. The van der Waals surface area contributed by atoms with Crippen LogP contribution in [0, 0.1) is 0 Å². The van der Waals surface area contributed by atoms with Crippen molar-refractivity contribution < 1.29 is 4.79 Å². The molecule has 2 heterocycles. The molecule has 3 rings (SSSR count). The van der Waals surface area contributed by atoms with Gasteiger partial charge in [-0.2, -0.15) is 0 Å². The summed E-state index contributed by atoms with van der Waals surface area (Å²) in [6.45, 7) is 11.0. The van der Waals surface area contributed by atoms with Gasteiger partial charge in [0.05, 0.1) is 0 Å². The molecule has 5 heteroatoms. The zero-order valence-electron chi connectivity index (χ0n) is 16.8. The fraction of sp³-hybridized carbons (Fsp3) is 0.455. The molecular formula is C22H30N4O. The molecule has 1 aliphatic rings. The van der Waals surface area contributed by atoms with Gasteiger partial charge in [-0.25, -0.2) is 0 Å². The van der Waals surface area contributed by atoms with E-state index >= 15 is 0 Å². The molecule has 5 nitrogen and oxygen atoms in total. The van der Waals surface area contributed by atoms with Crippen molar-refractivity contribution in [1.29, 1.82) is 0 Å². The van der Waals surface area contributed by atoms with Gasteiger partial charge in [0.1, 0.15) is 0 Å². The Labute approximate surface area is 162 Å². The highest BCUT2D eigenvalue weighted by atomic mass is 16.2. The van der Waals surface area contributed by atoms with Crippen LogP contribution in [0.1, 0.15) is 42.3 Å². The summed E-state index contributed by atoms with van der Waals surface area (Å²) in [5, 5.41) is 3.39. The van der Waals surface area contributed by atoms with Crippen molar-refractivity contribution in [2.45, 2.75) is 32.7 Å². The number of hydrogen-bond donors (Lipinski definition) is 1. The number of aromatic nitrogens is 1. The van der Waals surface area contributed by atoms with E-state index in [1.807, 2.05) is 37.5 Å². The lowest BCUT2D eigenvalue weighted by Crippen LogP contribution is -2.43. The van der Waals surface area contributed by atoms with Gasteiger partial charge in [-0.05, 0) is 40.8 Å². The van der Waals surface area contributed by atoms with Gasteiger partial charge in [0.25, 0.3) is 5.91 Å². The van der Waals surface area contributed by atoms with Gasteiger partial charge >= 0.3 is 0 Å². The second-order valence-electron chi connectivity index (χ2n) is 8.28. The molecule has 1 fully saturated rings. The van der Waals surface area contributed by atoms with E-state index in [0.29, 0.717) is 6.54 Å². The van der Waals surface area contributed by atoms with Crippen LogP contribution in [0.3, 0.4) is 0 Å². The highest BCUT2D eigenvalue weighted by Gasteiger charge is 2.22. The van der Waals surface area contributed by atoms with Crippen molar-refractivity contribution in [1.82, 2.24) is 15.2 Å². The van der Waals surface area contributed by atoms with E-state index in [1.54, 1.807) is 11.1 Å². The number of piperazine rings is 1. The zero-order valence-corrected chi connectivity index (χ0v) is 16.8. The molecule has 1 saturated heterocycles. The first-order valence-corrected chi connectivity index (χ1v) is 9.60. The van der Waals surface area contributed by atoms with Crippen LogP contribution in [0.5, 0.6) is 0 Å². The summed E-state index contributed by atoms with van der Waals surface area (Å²) in [5.74, 6) is 0.0429. The van der Waals surface area contributed by atoms with Crippen molar-refractivity contribution in [3.63, 3.8) is 0 Å². The summed E-state index contributed by atoms with van der Waals surface area (Å²) in [6.07, 6.45) is 3.55. The average molecular weight is 367 g/mol. The standard InChI is InChI=1S/C22H30N4O/c1-22(2,3)19-12-18(13-20(14-19)26-10-8-23-9-11-26)21(27)25(4)16-17-6-5-7-24-15-17/h5-7,12-15,23H,8-11,16H2,1-4H3. The van der Waals surface area contributed by atoms with Crippen LogP contribution >= 0.6 is 0 Å². The van der Waals surface area contributed by atoms with E-state index in [9.17, 15) is 4.79 Å². The number of nitrogens with one attached hydrogen (secondary N) is 1. The molecule has 0 radical (unpaired) electrons. The zero-order chi connectivity index (χ0) is 19.4. The molecule has 1 N–H and O–H groups in total. The summed E-state index contributed by atoms with van der Waals surface area (Å²) < 4.78 is 0. The molecular weight excluding hydrogens is 336 g/mol. The molecule has 0 bridgehead atoms. The van der Waals surface area contributed by atoms with Crippen LogP contribution in [-0.2, 0) is 12.0 Å². The monoisotopic (exact) mass is 366 g/mol. The second kappa shape index (κ2) is 8.09. The number of nitrogens with zero attached hydrogens (tertiary/aromatic N) is 3. The third-order valence-electron chi connectivity index (χ3n) is 5.00. The number of anilines is 1. The van der Waals surface area contributed by atoms with Crippen molar-refractivity contribution in [3.05, 3.63) is 59.4 Å². The Hall–Kier alpha value is -2.40. The molecule has 0 unspecified atom stereocenters. The molecule has 1 amide bonds. The topological polar surface area (TPSA) is 48.5 Å². The lowest BCUT2D eigenvalue weighted by atomic mass is 9.85. The van der Waals surface area contributed by atoms with Gasteiger partial charge in [-0.3, -0.25) is 9.78 Å². The Morgan fingerprint density at radius 2 is 1.96 bits per heavy atom. The Bertz CT molecular complexity index is 777. The molecule has 0 aliphatic carbocycles. The summed E-state index contributed by atoms with van der Waals surface area (Å²) in [4.78, 5) is 21.4. The quantitative estimate of drug-likeness (QED) is 0.903. The third kappa shape index (κ3) is 4.86. The van der Waals surface area contributed by atoms with Crippen LogP contribution in [0.4, 0.5) is 5.69 Å². The van der Waals surface area contributed by atoms with Gasteiger partial charge < -0.3 is 15.1 Å². The Kier molecular flexibility index (Phi) is 5.80. The highest BCUT2D eigenvalue weighted by molar-refractivity contribution is 5.95. The van der Waals surface area contributed by atoms with Gasteiger partial charge in [-0.1, -0.05) is 26.8 Å². The smallest absolute Gasteiger partial charge is 0.253 e. The maximum atomic E-state index is 13.1. The van der Waals surface area contributed by atoms with Gasteiger partial charge in [0.2, 0.25) is 0 Å². The predicted octanol–water partition coefficient (Wildman–Crippen LogP) is 3.06. The minimum atomic E-state index is -0.0129. The van der Waals surface area contributed by atoms with Crippen LogP contribution in [0.15, 0.2) is 42.7 Å². The molecule has 2 aromatic rings. The maximum Gasteiger partial charge on any atom is 0.253 e. The number of benzene rings is 1.